The fourth-order valence-electron chi connectivity index (χ4n) is 1.61. The lowest BCUT2D eigenvalue weighted by Crippen LogP contribution is -1.88. The van der Waals surface area contributed by atoms with Crippen LogP contribution in [0.1, 0.15) is 17.0 Å². The number of ether oxygens (including phenoxy) is 1. The predicted molar refractivity (Wildman–Crippen MR) is 77.8 cm³/mol. The zero-order valence-electron chi connectivity index (χ0n) is 11.1. The van der Waals surface area contributed by atoms with Crippen LogP contribution in [-0.2, 0) is 0 Å². The summed E-state index contributed by atoms with van der Waals surface area (Å²) in [5, 5.41) is 0. The highest BCUT2D eigenvalue weighted by atomic mass is 16.5. The van der Waals surface area contributed by atoms with Gasteiger partial charge in [-0.25, -0.2) is 0 Å². The molecule has 0 fully saturated rings. The molecule has 1 heterocycles. The van der Waals surface area contributed by atoms with E-state index in [-0.39, 0.29) is 0 Å². The van der Waals surface area contributed by atoms with Crippen LogP contribution in [0.5, 0.6) is 5.75 Å². The number of nitrogens with zero attached hydrogens (tertiary/aromatic N) is 2. The molecule has 96 valence electrons. The van der Waals surface area contributed by atoms with Gasteiger partial charge >= 0.3 is 0 Å². The van der Waals surface area contributed by atoms with Gasteiger partial charge in [0, 0.05) is 12.4 Å². The third kappa shape index (κ3) is 3.78. The molecule has 0 saturated heterocycles. The fourth-order valence-corrected chi connectivity index (χ4v) is 1.61. The molecular formula is C16H16N2O. The molecule has 0 unspecified atom stereocenters. The quantitative estimate of drug-likeness (QED) is 0.781. The van der Waals surface area contributed by atoms with Crippen molar-refractivity contribution in [3.05, 3.63) is 65.8 Å². The lowest BCUT2D eigenvalue weighted by Gasteiger charge is -1.98. The summed E-state index contributed by atoms with van der Waals surface area (Å²) in [6.07, 6.45) is 11.3. The third-order valence-electron chi connectivity index (χ3n) is 2.69. The average Bonchev–Trinajstić information content (AvgIpc) is 2.46. The topological polar surface area (TPSA) is 35.0 Å². The largest absolute Gasteiger partial charge is 0.497 e. The Labute approximate surface area is 113 Å². The first-order valence-electron chi connectivity index (χ1n) is 6.06. The maximum absolute atomic E-state index is 5.11. The smallest absolute Gasteiger partial charge is 0.118 e. The van der Waals surface area contributed by atoms with Gasteiger partial charge in [0.2, 0.25) is 0 Å². The van der Waals surface area contributed by atoms with Crippen molar-refractivity contribution in [3.63, 3.8) is 0 Å². The van der Waals surface area contributed by atoms with Gasteiger partial charge in [-0.2, -0.15) is 0 Å². The van der Waals surface area contributed by atoms with Gasteiger partial charge in [0.25, 0.3) is 0 Å². The van der Waals surface area contributed by atoms with E-state index >= 15 is 0 Å². The van der Waals surface area contributed by atoms with E-state index in [2.05, 4.69) is 9.97 Å². The molecule has 0 bridgehead atoms. The Morgan fingerprint density at radius 3 is 2.32 bits per heavy atom. The summed E-state index contributed by atoms with van der Waals surface area (Å²) in [6, 6.07) is 7.90. The minimum atomic E-state index is 0.864. The van der Waals surface area contributed by atoms with Crippen molar-refractivity contribution < 1.29 is 4.74 Å². The van der Waals surface area contributed by atoms with Gasteiger partial charge in [0.15, 0.2) is 0 Å². The molecule has 3 nitrogen and oxygen atoms in total. The van der Waals surface area contributed by atoms with Crippen LogP contribution in [0.4, 0.5) is 0 Å². The Morgan fingerprint density at radius 2 is 1.63 bits per heavy atom. The van der Waals surface area contributed by atoms with Gasteiger partial charge in [-0.05, 0) is 30.7 Å². The highest BCUT2D eigenvalue weighted by Crippen LogP contribution is 2.12. The molecule has 1 aromatic carbocycles. The summed E-state index contributed by atoms with van der Waals surface area (Å²) in [6.45, 7) is 1.94. The van der Waals surface area contributed by atoms with E-state index in [9.17, 15) is 0 Å². The van der Waals surface area contributed by atoms with E-state index in [0.29, 0.717) is 0 Å². The van der Waals surface area contributed by atoms with Crippen molar-refractivity contribution in [2.75, 3.05) is 7.11 Å². The Kier molecular flexibility index (Phi) is 4.45. The number of methoxy groups -OCH3 is 1. The second-order valence-electron chi connectivity index (χ2n) is 4.02. The zero-order chi connectivity index (χ0) is 13.5. The molecule has 0 atom stereocenters. The molecule has 1 aromatic heterocycles. The number of rotatable bonds is 4. The van der Waals surface area contributed by atoms with Crippen molar-refractivity contribution in [3.8, 4) is 5.75 Å². The standard InChI is InChI=1S/C16H16N2O/c1-13-16(18-12-11-17-13)6-4-3-5-14-7-9-15(19-2)10-8-14/h3-12H,1-2H3/b5-3+,6-4+. The first-order valence-corrected chi connectivity index (χ1v) is 6.06. The molecule has 0 aliphatic heterocycles. The summed E-state index contributed by atoms with van der Waals surface area (Å²) in [5.74, 6) is 0.864. The predicted octanol–water partition coefficient (Wildman–Crippen LogP) is 3.52. The Balaban J connectivity index is 2.01. The number of benzene rings is 1. The van der Waals surface area contributed by atoms with E-state index in [4.69, 9.17) is 4.74 Å². The summed E-state index contributed by atoms with van der Waals surface area (Å²) >= 11 is 0. The van der Waals surface area contributed by atoms with Crippen LogP contribution in [0.15, 0.2) is 48.8 Å². The molecule has 19 heavy (non-hydrogen) atoms. The van der Waals surface area contributed by atoms with Crippen LogP contribution in [-0.4, -0.2) is 17.1 Å². The van der Waals surface area contributed by atoms with Crippen molar-refractivity contribution in [2.24, 2.45) is 0 Å². The summed E-state index contributed by atoms with van der Waals surface area (Å²) in [7, 11) is 1.66. The highest BCUT2D eigenvalue weighted by Gasteiger charge is 1.92. The first kappa shape index (κ1) is 13.0. The summed E-state index contributed by atoms with van der Waals surface area (Å²) < 4.78 is 5.11. The highest BCUT2D eigenvalue weighted by molar-refractivity contribution is 5.56. The number of allylic oxidation sites excluding steroid dienone is 2. The SMILES string of the molecule is COc1ccc(/C=C/C=C/c2nccnc2C)cc1. The summed E-state index contributed by atoms with van der Waals surface area (Å²) in [4.78, 5) is 8.43. The molecule has 0 spiro atoms. The van der Waals surface area contributed by atoms with Crippen LogP contribution in [0.25, 0.3) is 12.2 Å². The molecule has 0 N–H and O–H groups in total. The second-order valence-corrected chi connectivity index (χ2v) is 4.02. The first-order chi connectivity index (χ1) is 9.29. The molecule has 2 aromatic rings. The minimum Gasteiger partial charge on any atom is -0.497 e. The molecule has 0 aliphatic carbocycles. The van der Waals surface area contributed by atoms with Gasteiger partial charge < -0.3 is 4.74 Å². The number of hydrogen-bond donors (Lipinski definition) is 0. The number of aryl methyl sites for hydroxylation is 1. The van der Waals surface area contributed by atoms with Crippen molar-refractivity contribution in [2.45, 2.75) is 6.92 Å². The molecule has 0 amide bonds. The van der Waals surface area contributed by atoms with Crippen LogP contribution in [0.3, 0.4) is 0 Å². The van der Waals surface area contributed by atoms with Gasteiger partial charge in [-0.3, -0.25) is 9.97 Å². The second kappa shape index (κ2) is 6.50. The molecule has 2 rings (SSSR count). The molecule has 3 heteroatoms. The van der Waals surface area contributed by atoms with Crippen LogP contribution in [0.2, 0.25) is 0 Å². The van der Waals surface area contributed by atoms with Gasteiger partial charge in [-0.1, -0.05) is 30.4 Å². The molecule has 0 saturated carbocycles. The van der Waals surface area contributed by atoms with Gasteiger partial charge in [-0.15, -0.1) is 0 Å². The van der Waals surface area contributed by atoms with E-state index in [0.717, 1.165) is 22.7 Å². The third-order valence-corrected chi connectivity index (χ3v) is 2.69. The van der Waals surface area contributed by atoms with Gasteiger partial charge in [0.1, 0.15) is 5.75 Å². The Morgan fingerprint density at radius 1 is 0.947 bits per heavy atom. The van der Waals surface area contributed by atoms with E-state index in [1.165, 1.54) is 0 Å². The van der Waals surface area contributed by atoms with Crippen LogP contribution in [0, 0.1) is 6.92 Å². The van der Waals surface area contributed by atoms with E-state index in [1.807, 2.05) is 55.5 Å². The Bertz CT molecular complexity index is 586. The van der Waals surface area contributed by atoms with E-state index in [1.54, 1.807) is 19.5 Å². The lowest BCUT2D eigenvalue weighted by atomic mass is 10.2. The fraction of sp³-hybridized carbons (Fsp3) is 0.125. The molecule has 0 radical (unpaired) electrons. The molecular weight excluding hydrogens is 236 g/mol. The maximum atomic E-state index is 5.11. The zero-order valence-corrected chi connectivity index (χ0v) is 11.1. The number of aromatic nitrogens is 2. The normalized spacial score (nSPS) is 11.3. The molecule has 0 aliphatic rings. The Hall–Kier alpha value is -2.42. The van der Waals surface area contributed by atoms with Crippen molar-refractivity contribution >= 4 is 12.2 Å². The lowest BCUT2D eigenvalue weighted by molar-refractivity contribution is 0.415. The van der Waals surface area contributed by atoms with E-state index < -0.39 is 0 Å². The maximum Gasteiger partial charge on any atom is 0.118 e. The minimum absolute atomic E-state index is 0.864. The van der Waals surface area contributed by atoms with Crippen LogP contribution >= 0.6 is 0 Å². The van der Waals surface area contributed by atoms with Crippen molar-refractivity contribution in [1.82, 2.24) is 9.97 Å². The summed E-state index contributed by atoms with van der Waals surface area (Å²) in [5.41, 5.74) is 2.94. The average molecular weight is 252 g/mol. The van der Waals surface area contributed by atoms with Gasteiger partial charge in [0.05, 0.1) is 18.5 Å². The monoisotopic (exact) mass is 252 g/mol. The number of hydrogen-bond acceptors (Lipinski definition) is 3. The van der Waals surface area contributed by atoms with Crippen molar-refractivity contribution in [1.29, 1.82) is 0 Å². The van der Waals surface area contributed by atoms with Crippen LogP contribution < -0.4 is 4.74 Å².